The minimum Gasteiger partial charge on any atom is -0.314 e. The first-order valence-electron chi connectivity index (χ1n) is 4.15. The normalized spacial score (nSPS) is 13.0. The van der Waals surface area contributed by atoms with Gasteiger partial charge in [0.2, 0.25) is 0 Å². The molecule has 0 rings (SSSR count). The van der Waals surface area contributed by atoms with Gasteiger partial charge in [-0.25, -0.2) is 0 Å². The summed E-state index contributed by atoms with van der Waals surface area (Å²) >= 11 is 0. The fourth-order valence-corrected chi connectivity index (χ4v) is 0.994. The molecule has 0 spiro atoms. The molecule has 10 heavy (non-hydrogen) atoms. The van der Waals surface area contributed by atoms with E-state index in [0.717, 1.165) is 0 Å². The summed E-state index contributed by atoms with van der Waals surface area (Å²) in [5.41, 5.74) is 0. The number of nitrogens with one attached hydrogen (secondary N) is 1. The van der Waals surface area contributed by atoms with Crippen molar-refractivity contribution in [2.24, 2.45) is 0 Å². The van der Waals surface area contributed by atoms with E-state index in [0.29, 0.717) is 6.04 Å². The third-order valence-corrected chi connectivity index (χ3v) is 1.77. The molecule has 1 N–H and O–H groups in total. The minimum absolute atomic E-state index is 0.520. The molecule has 0 aliphatic rings. The number of likely N-dealkylation sites (N-methyl/N-ethyl adjacent to an activating group) is 1. The van der Waals surface area contributed by atoms with Crippen molar-refractivity contribution >= 4 is 0 Å². The van der Waals surface area contributed by atoms with Crippen molar-refractivity contribution < 1.29 is 0 Å². The molecule has 0 aromatic carbocycles. The Bertz CT molecular complexity index is 78.8. The Labute approximate surface area is 64.5 Å². The molecule has 1 heteroatoms. The van der Waals surface area contributed by atoms with Crippen LogP contribution in [0, 0.1) is 0 Å². The largest absolute Gasteiger partial charge is 0.314 e. The van der Waals surface area contributed by atoms with Crippen molar-refractivity contribution in [2.75, 3.05) is 7.05 Å². The Morgan fingerprint density at radius 3 is 2.60 bits per heavy atom. The number of hydrogen-bond donors (Lipinski definition) is 1. The van der Waals surface area contributed by atoms with Gasteiger partial charge in [0.15, 0.2) is 0 Å². The van der Waals surface area contributed by atoms with Gasteiger partial charge in [-0.3, -0.25) is 0 Å². The van der Waals surface area contributed by atoms with Crippen LogP contribution in [0.2, 0.25) is 0 Å². The highest BCUT2D eigenvalue weighted by molar-refractivity contribution is 4.83. The van der Waals surface area contributed by atoms with Crippen LogP contribution < -0.4 is 5.32 Å². The average Bonchev–Trinajstić information content (AvgIpc) is 1.99. The summed E-state index contributed by atoms with van der Waals surface area (Å²) in [6.45, 7) is 5.97. The van der Waals surface area contributed by atoms with Crippen LogP contribution in [0.3, 0.4) is 0 Å². The molecule has 0 aliphatic heterocycles. The lowest BCUT2D eigenvalue weighted by Crippen LogP contribution is -2.21. The summed E-state index contributed by atoms with van der Waals surface area (Å²) in [6, 6.07) is 0.520. The van der Waals surface area contributed by atoms with Gasteiger partial charge in [-0.1, -0.05) is 32.3 Å². The SMILES string of the molecule is C=CC(CCCCC)NC. The van der Waals surface area contributed by atoms with Gasteiger partial charge in [0.25, 0.3) is 0 Å². The van der Waals surface area contributed by atoms with Gasteiger partial charge in [-0.15, -0.1) is 6.58 Å². The van der Waals surface area contributed by atoms with Gasteiger partial charge in [-0.05, 0) is 13.5 Å². The Hall–Kier alpha value is -0.300. The van der Waals surface area contributed by atoms with Crippen LogP contribution in [0.4, 0.5) is 0 Å². The molecule has 0 bridgehead atoms. The van der Waals surface area contributed by atoms with E-state index in [9.17, 15) is 0 Å². The molecule has 0 aliphatic carbocycles. The zero-order chi connectivity index (χ0) is 7.82. The molecule has 1 unspecified atom stereocenters. The predicted molar refractivity (Wildman–Crippen MR) is 47.2 cm³/mol. The average molecular weight is 141 g/mol. The van der Waals surface area contributed by atoms with E-state index in [1.807, 2.05) is 13.1 Å². The van der Waals surface area contributed by atoms with Gasteiger partial charge >= 0.3 is 0 Å². The molecule has 1 nitrogen and oxygen atoms in total. The fraction of sp³-hybridized carbons (Fsp3) is 0.778. The van der Waals surface area contributed by atoms with E-state index in [4.69, 9.17) is 0 Å². The first kappa shape index (κ1) is 9.70. The molecular formula is C9H19N. The molecule has 0 aromatic heterocycles. The van der Waals surface area contributed by atoms with Crippen LogP contribution >= 0.6 is 0 Å². The highest BCUT2D eigenvalue weighted by atomic mass is 14.8. The molecule has 0 heterocycles. The first-order valence-corrected chi connectivity index (χ1v) is 4.15. The molecular weight excluding hydrogens is 122 g/mol. The van der Waals surface area contributed by atoms with Crippen LogP contribution in [-0.4, -0.2) is 13.1 Å². The standard InChI is InChI=1S/C9H19N/c1-4-6-7-8-9(5-2)10-3/h5,9-10H,2,4,6-8H2,1,3H3. The number of unbranched alkanes of at least 4 members (excludes halogenated alkanes) is 2. The van der Waals surface area contributed by atoms with E-state index in [1.54, 1.807) is 0 Å². The second-order valence-electron chi connectivity index (χ2n) is 2.63. The molecule has 60 valence electrons. The lowest BCUT2D eigenvalue weighted by molar-refractivity contribution is 0.563. The van der Waals surface area contributed by atoms with Crippen molar-refractivity contribution in [1.29, 1.82) is 0 Å². The van der Waals surface area contributed by atoms with Gasteiger partial charge in [-0.2, -0.15) is 0 Å². The van der Waals surface area contributed by atoms with Crippen molar-refractivity contribution in [3.05, 3.63) is 12.7 Å². The van der Waals surface area contributed by atoms with Crippen LogP contribution in [-0.2, 0) is 0 Å². The Morgan fingerprint density at radius 2 is 2.20 bits per heavy atom. The maximum absolute atomic E-state index is 3.75. The quantitative estimate of drug-likeness (QED) is 0.442. The number of rotatable bonds is 6. The van der Waals surface area contributed by atoms with Crippen LogP contribution in [0.25, 0.3) is 0 Å². The van der Waals surface area contributed by atoms with Gasteiger partial charge < -0.3 is 5.32 Å². The third kappa shape index (κ3) is 4.57. The number of hydrogen-bond acceptors (Lipinski definition) is 1. The second-order valence-corrected chi connectivity index (χ2v) is 2.63. The Kier molecular flexibility index (Phi) is 6.61. The monoisotopic (exact) mass is 141 g/mol. The zero-order valence-corrected chi connectivity index (χ0v) is 7.19. The minimum atomic E-state index is 0.520. The summed E-state index contributed by atoms with van der Waals surface area (Å²) in [6.07, 6.45) is 7.16. The fourth-order valence-electron chi connectivity index (χ4n) is 0.994. The van der Waals surface area contributed by atoms with Crippen LogP contribution in [0.1, 0.15) is 32.6 Å². The smallest absolute Gasteiger partial charge is 0.0244 e. The second kappa shape index (κ2) is 6.81. The Morgan fingerprint density at radius 1 is 1.50 bits per heavy atom. The van der Waals surface area contributed by atoms with Gasteiger partial charge in [0.05, 0.1) is 0 Å². The van der Waals surface area contributed by atoms with E-state index < -0.39 is 0 Å². The van der Waals surface area contributed by atoms with Crippen molar-refractivity contribution in [3.63, 3.8) is 0 Å². The molecule has 0 aromatic rings. The molecule has 0 saturated carbocycles. The maximum Gasteiger partial charge on any atom is 0.0244 e. The third-order valence-electron chi connectivity index (χ3n) is 1.77. The van der Waals surface area contributed by atoms with E-state index in [-0.39, 0.29) is 0 Å². The van der Waals surface area contributed by atoms with Crippen molar-refractivity contribution in [1.82, 2.24) is 5.32 Å². The predicted octanol–water partition coefficient (Wildman–Crippen LogP) is 2.34. The van der Waals surface area contributed by atoms with Crippen molar-refractivity contribution in [3.8, 4) is 0 Å². The maximum atomic E-state index is 3.75. The summed E-state index contributed by atoms with van der Waals surface area (Å²) in [7, 11) is 1.98. The van der Waals surface area contributed by atoms with Crippen LogP contribution in [0.15, 0.2) is 12.7 Å². The molecule has 0 fully saturated rings. The van der Waals surface area contributed by atoms with Gasteiger partial charge in [0, 0.05) is 6.04 Å². The summed E-state index contributed by atoms with van der Waals surface area (Å²) < 4.78 is 0. The lowest BCUT2D eigenvalue weighted by Gasteiger charge is -2.09. The van der Waals surface area contributed by atoms with E-state index >= 15 is 0 Å². The summed E-state index contributed by atoms with van der Waals surface area (Å²) in [5, 5.41) is 3.19. The zero-order valence-electron chi connectivity index (χ0n) is 7.19. The highest BCUT2D eigenvalue weighted by Crippen LogP contribution is 2.02. The molecule has 0 saturated heterocycles. The molecule has 0 amide bonds. The first-order chi connectivity index (χ1) is 4.85. The van der Waals surface area contributed by atoms with Crippen molar-refractivity contribution in [2.45, 2.75) is 38.6 Å². The van der Waals surface area contributed by atoms with E-state index in [1.165, 1.54) is 25.7 Å². The summed E-state index contributed by atoms with van der Waals surface area (Å²) in [4.78, 5) is 0. The lowest BCUT2D eigenvalue weighted by atomic mass is 10.1. The highest BCUT2D eigenvalue weighted by Gasteiger charge is 1.97. The van der Waals surface area contributed by atoms with Gasteiger partial charge in [0.1, 0.15) is 0 Å². The Balaban J connectivity index is 3.17. The molecule has 1 atom stereocenters. The van der Waals surface area contributed by atoms with E-state index in [2.05, 4.69) is 18.8 Å². The summed E-state index contributed by atoms with van der Waals surface area (Å²) in [5.74, 6) is 0. The molecule has 0 radical (unpaired) electrons. The van der Waals surface area contributed by atoms with Crippen LogP contribution in [0.5, 0.6) is 0 Å². The topological polar surface area (TPSA) is 12.0 Å².